The van der Waals surface area contributed by atoms with Crippen LogP contribution in [0.5, 0.6) is 5.75 Å². The molecule has 0 aliphatic rings. The van der Waals surface area contributed by atoms with Crippen molar-refractivity contribution in [1.29, 1.82) is 0 Å². The minimum Gasteiger partial charge on any atom is -0.495 e. The van der Waals surface area contributed by atoms with Crippen molar-refractivity contribution >= 4 is 29.1 Å². The second-order valence-corrected chi connectivity index (χ2v) is 5.90. The first kappa shape index (κ1) is 18.7. The standard InChI is InChI=1S/C18H20ClN3O3/c1-4-11(2)20-17(23)14-6-5-7-15(22-14)18(24)21-12-8-9-16(25-3)13(19)10-12/h5-11H,4H2,1-3H3,(H,20,23)(H,21,24). The van der Waals surface area contributed by atoms with Crippen LogP contribution in [0.2, 0.25) is 5.02 Å². The van der Waals surface area contributed by atoms with Gasteiger partial charge < -0.3 is 15.4 Å². The number of aromatic nitrogens is 1. The van der Waals surface area contributed by atoms with Crippen LogP contribution in [0.3, 0.4) is 0 Å². The molecule has 1 aromatic carbocycles. The normalized spacial score (nSPS) is 11.5. The molecule has 0 radical (unpaired) electrons. The number of amides is 2. The van der Waals surface area contributed by atoms with Gasteiger partial charge in [0.05, 0.1) is 12.1 Å². The summed E-state index contributed by atoms with van der Waals surface area (Å²) in [5.74, 6) is -0.225. The second kappa shape index (κ2) is 8.48. The van der Waals surface area contributed by atoms with Gasteiger partial charge >= 0.3 is 0 Å². The van der Waals surface area contributed by atoms with E-state index in [1.165, 1.54) is 7.11 Å². The largest absolute Gasteiger partial charge is 0.495 e. The van der Waals surface area contributed by atoms with Crippen molar-refractivity contribution in [2.75, 3.05) is 12.4 Å². The lowest BCUT2D eigenvalue weighted by atomic mass is 10.2. The van der Waals surface area contributed by atoms with Gasteiger partial charge in [-0.25, -0.2) is 4.98 Å². The van der Waals surface area contributed by atoms with E-state index in [-0.39, 0.29) is 23.3 Å². The molecule has 1 aromatic heterocycles. The number of anilines is 1. The molecule has 132 valence electrons. The number of nitrogens with zero attached hydrogens (tertiary/aromatic N) is 1. The Morgan fingerprint density at radius 2 is 1.88 bits per heavy atom. The molecule has 1 atom stereocenters. The average Bonchev–Trinajstić information content (AvgIpc) is 2.61. The van der Waals surface area contributed by atoms with Crippen LogP contribution in [0.25, 0.3) is 0 Å². The summed E-state index contributed by atoms with van der Waals surface area (Å²) in [6.07, 6.45) is 0.810. The third kappa shape index (κ3) is 4.93. The van der Waals surface area contributed by atoms with Crippen LogP contribution in [0.1, 0.15) is 41.2 Å². The van der Waals surface area contributed by atoms with Crippen LogP contribution in [0.15, 0.2) is 36.4 Å². The minimum atomic E-state index is -0.431. The summed E-state index contributed by atoms with van der Waals surface area (Å²) in [6, 6.07) is 9.67. The van der Waals surface area contributed by atoms with Gasteiger partial charge in [-0.2, -0.15) is 0 Å². The molecular formula is C18H20ClN3O3. The highest BCUT2D eigenvalue weighted by Gasteiger charge is 2.14. The molecule has 0 bridgehead atoms. The Morgan fingerprint density at radius 3 is 2.48 bits per heavy atom. The van der Waals surface area contributed by atoms with Crippen molar-refractivity contribution in [1.82, 2.24) is 10.3 Å². The lowest BCUT2D eigenvalue weighted by molar-refractivity contribution is 0.0934. The first-order valence-electron chi connectivity index (χ1n) is 7.87. The second-order valence-electron chi connectivity index (χ2n) is 5.49. The Labute approximate surface area is 151 Å². The summed E-state index contributed by atoms with van der Waals surface area (Å²) in [5, 5.41) is 5.90. The highest BCUT2D eigenvalue weighted by Crippen LogP contribution is 2.27. The van der Waals surface area contributed by atoms with E-state index < -0.39 is 5.91 Å². The van der Waals surface area contributed by atoms with Gasteiger partial charge in [-0.15, -0.1) is 0 Å². The molecule has 2 aromatic rings. The number of carbonyl (C=O) groups excluding carboxylic acids is 2. The highest BCUT2D eigenvalue weighted by atomic mass is 35.5. The zero-order valence-electron chi connectivity index (χ0n) is 14.3. The van der Waals surface area contributed by atoms with E-state index >= 15 is 0 Å². The number of methoxy groups -OCH3 is 1. The van der Waals surface area contributed by atoms with Crippen molar-refractivity contribution in [3.63, 3.8) is 0 Å². The number of carbonyl (C=O) groups is 2. The van der Waals surface area contributed by atoms with Crippen molar-refractivity contribution in [3.05, 3.63) is 52.8 Å². The van der Waals surface area contributed by atoms with Gasteiger partial charge in [0.25, 0.3) is 11.8 Å². The molecule has 6 nitrogen and oxygen atoms in total. The topological polar surface area (TPSA) is 80.3 Å². The van der Waals surface area contributed by atoms with E-state index in [9.17, 15) is 9.59 Å². The summed E-state index contributed by atoms with van der Waals surface area (Å²) in [6.45, 7) is 3.88. The number of pyridine rings is 1. The van der Waals surface area contributed by atoms with Gasteiger partial charge in [-0.05, 0) is 43.7 Å². The Kier molecular flexibility index (Phi) is 6.36. The van der Waals surface area contributed by atoms with Crippen LogP contribution in [-0.4, -0.2) is 29.9 Å². The summed E-state index contributed by atoms with van der Waals surface area (Å²) in [4.78, 5) is 28.6. The quantitative estimate of drug-likeness (QED) is 0.824. The molecule has 0 spiro atoms. The zero-order chi connectivity index (χ0) is 18.4. The van der Waals surface area contributed by atoms with E-state index in [0.717, 1.165) is 6.42 Å². The first-order chi connectivity index (χ1) is 11.9. The first-order valence-corrected chi connectivity index (χ1v) is 8.25. The number of halogens is 1. The van der Waals surface area contributed by atoms with Gasteiger partial charge in [-0.3, -0.25) is 9.59 Å². The Morgan fingerprint density at radius 1 is 1.20 bits per heavy atom. The Balaban J connectivity index is 2.13. The van der Waals surface area contributed by atoms with Crippen LogP contribution in [0, 0.1) is 0 Å². The molecule has 0 fully saturated rings. The molecular weight excluding hydrogens is 342 g/mol. The van der Waals surface area contributed by atoms with E-state index in [4.69, 9.17) is 16.3 Å². The van der Waals surface area contributed by atoms with Crippen molar-refractivity contribution in [2.45, 2.75) is 26.3 Å². The molecule has 0 saturated carbocycles. The molecule has 2 amide bonds. The molecule has 1 unspecified atom stereocenters. The summed E-state index contributed by atoms with van der Waals surface area (Å²) in [7, 11) is 1.51. The maximum atomic E-state index is 12.4. The molecule has 0 aliphatic heterocycles. The average molecular weight is 362 g/mol. The number of hydrogen-bond acceptors (Lipinski definition) is 4. The van der Waals surface area contributed by atoms with Gasteiger partial charge in [0.2, 0.25) is 0 Å². The van der Waals surface area contributed by atoms with E-state index in [1.807, 2.05) is 13.8 Å². The lowest BCUT2D eigenvalue weighted by Crippen LogP contribution is -2.32. The predicted molar refractivity (Wildman–Crippen MR) is 97.4 cm³/mol. The van der Waals surface area contributed by atoms with Crippen LogP contribution >= 0.6 is 11.6 Å². The fourth-order valence-corrected chi connectivity index (χ4v) is 2.28. The fourth-order valence-electron chi connectivity index (χ4n) is 2.03. The molecule has 7 heteroatoms. The molecule has 1 heterocycles. The summed E-state index contributed by atoms with van der Waals surface area (Å²) >= 11 is 6.04. The highest BCUT2D eigenvalue weighted by molar-refractivity contribution is 6.32. The SMILES string of the molecule is CCC(C)NC(=O)c1cccc(C(=O)Nc2ccc(OC)c(Cl)c2)n1. The van der Waals surface area contributed by atoms with Crippen LogP contribution < -0.4 is 15.4 Å². The number of hydrogen-bond donors (Lipinski definition) is 2. The Bertz CT molecular complexity index is 780. The van der Waals surface area contributed by atoms with Crippen LogP contribution in [0.4, 0.5) is 5.69 Å². The monoisotopic (exact) mass is 361 g/mol. The number of rotatable bonds is 6. The maximum absolute atomic E-state index is 12.4. The lowest BCUT2D eigenvalue weighted by Gasteiger charge is -2.11. The van der Waals surface area contributed by atoms with Crippen LogP contribution in [-0.2, 0) is 0 Å². The zero-order valence-corrected chi connectivity index (χ0v) is 15.1. The minimum absolute atomic E-state index is 0.0354. The number of ether oxygens (including phenoxy) is 1. The fraction of sp³-hybridized carbons (Fsp3) is 0.278. The molecule has 0 saturated heterocycles. The summed E-state index contributed by atoms with van der Waals surface area (Å²) < 4.78 is 5.07. The molecule has 2 N–H and O–H groups in total. The van der Waals surface area contributed by atoms with Crippen molar-refractivity contribution in [3.8, 4) is 5.75 Å². The third-order valence-corrected chi connectivity index (χ3v) is 3.91. The smallest absolute Gasteiger partial charge is 0.274 e. The summed E-state index contributed by atoms with van der Waals surface area (Å²) in [5.41, 5.74) is 0.844. The van der Waals surface area contributed by atoms with Gasteiger partial charge in [0.1, 0.15) is 17.1 Å². The van der Waals surface area contributed by atoms with Crippen molar-refractivity contribution < 1.29 is 14.3 Å². The van der Waals surface area contributed by atoms with E-state index in [1.54, 1.807) is 36.4 Å². The van der Waals surface area contributed by atoms with Crippen molar-refractivity contribution in [2.24, 2.45) is 0 Å². The number of benzene rings is 1. The predicted octanol–water partition coefficient (Wildman–Crippen LogP) is 3.52. The Hall–Kier alpha value is -2.60. The third-order valence-electron chi connectivity index (χ3n) is 3.61. The van der Waals surface area contributed by atoms with Gasteiger partial charge in [0, 0.05) is 11.7 Å². The van der Waals surface area contributed by atoms with Gasteiger partial charge in [0.15, 0.2) is 0 Å². The molecule has 25 heavy (non-hydrogen) atoms. The molecule has 0 aliphatic carbocycles. The van der Waals surface area contributed by atoms with Gasteiger partial charge in [-0.1, -0.05) is 24.6 Å². The number of nitrogens with one attached hydrogen (secondary N) is 2. The molecule has 2 rings (SSSR count). The maximum Gasteiger partial charge on any atom is 0.274 e. The van der Waals surface area contributed by atoms with E-state index in [2.05, 4.69) is 15.6 Å². The van der Waals surface area contributed by atoms with E-state index in [0.29, 0.717) is 16.5 Å².